The molecule has 1 aliphatic rings. The lowest BCUT2D eigenvalue weighted by Crippen LogP contribution is -2.38. The van der Waals surface area contributed by atoms with Crippen molar-refractivity contribution in [1.82, 2.24) is 9.62 Å². The van der Waals surface area contributed by atoms with Crippen molar-refractivity contribution in [3.05, 3.63) is 0 Å². The van der Waals surface area contributed by atoms with Gasteiger partial charge < -0.3 is 5.32 Å². The van der Waals surface area contributed by atoms with Crippen LogP contribution in [0.15, 0.2) is 0 Å². The maximum Gasteiger partial charge on any atom is 0.220 e. The van der Waals surface area contributed by atoms with E-state index in [1.165, 1.54) is 10.6 Å². The van der Waals surface area contributed by atoms with Gasteiger partial charge in [0.25, 0.3) is 0 Å². The summed E-state index contributed by atoms with van der Waals surface area (Å²) in [6, 6.07) is 0. The molecule has 6 heteroatoms. The first-order chi connectivity index (χ1) is 6.93. The van der Waals surface area contributed by atoms with Gasteiger partial charge in [0.05, 0.1) is 6.26 Å². The van der Waals surface area contributed by atoms with Gasteiger partial charge in [-0.3, -0.25) is 4.79 Å². The third-order valence-corrected chi connectivity index (χ3v) is 4.10. The summed E-state index contributed by atoms with van der Waals surface area (Å²) in [5, 5.41) is 2.58. The second kappa shape index (κ2) is 4.94. The van der Waals surface area contributed by atoms with Crippen molar-refractivity contribution in [2.75, 3.05) is 26.4 Å². The first-order valence-electron chi connectivity index (χ1n) is 5.09. The van der Waals surface area contributed by atoms with Crippen LogP contribution in [0.4, 0.5) is 0 Å². The number of rotatable bonds is 3. The summed E-state index contributed by atoms with van der Waals surface area (Å²) in [5.41, 5.74) is 0. The molecule has 0 bridgehead atoms. The van der Waals surface area contributed by atoms with Gasteiger partial charge in [-0.05, 0) is 18.8 Å². The normalized spacial score (nSPS) is 20.1. The Morgan fingerprint density at radius 1 is 1.40 bits per heavy atom. The third-order valence-electron chi connectivity index (χ3n) is 2.80. The van der Waals surface area contributed by atoms with Crippen LogP contribution < -0.4 is 5.32 Å². The molecular formula is C9H18N2O3S. The van der Waals surface area contributed by atoms with Gasteiger partial charge in [0, 0.05) is 26.6 Å². The van der Waals surface area contributed by atoms with E-state index in [9.17, 15) is 13.2 Å². The van der Waals surface area contributed by atoms with E-state index in [1.54, 1.807) is 7.05 Å². The molecule has 1 amide bonds. The minimum absolute atomic E-state index is 0.0350. The quantitative estimate of drug-likeness (QED) is 0.735. The van der Waals surface area contributed by atoms with Gasteiger partial charge >= 0.3 is 0 Å². The smallest absolute Gasteiger partial charge is 0.220 e. The number of piperidine rings is 1. The van der Waals surface area contributed by atoms with E-state index in [0.29, 0.717) is 25.4 Å². The van der Waals surface area contributed by atoms with Crippen molar-refractivity contribution < 1.29 is 13.2 Å². The molecule has 0 spiro atoms. The number of amides is 1. The molecule has 1 heterocycles. The molecule has 0 unspecified atom stereocenters. The van der Waals surface area contributed by atoms with Crippen molar-refractivity contribution in [2.45, 2.75) is 19.3 Å². The van der Waals surface area contributed by atoms with Gasteiger partial charge in [0.2, 0.25) is 15.9 Å². The Balaban J connectivity index is 2.40. The summed E-state index contributed by atoms with van der Waals surface area (Å²) in [4.78, 5) is 11.1. The second-order valence-corrected chi connectivity index (χ2v) is 5.97. The topological polar surface area (TPSA) is 66.5 Å². The summed E-state index contributed by atoms with van der Waals surface area (Å²) in [7, 11) is -1.43. The fourth-order valence-corrected chi connectivity index (χ4v) is 2.68. The van der Waals surface area contributed by atoms with Crippen LogP contribution in [0.5, 0.6) is 0 Å². The summed E-state index contributed by atoms with van der Waals surface area (Å²) < 4.78 is 23.9. The van der Waals surface area contributed by atoms with Crippen LogP contribution in [0.3, 0.4) is 0 Å². The van der Waals surface area contributed by atoms with E-state index >= 15 is 0 Å². The Kier molecular flexibility index (Phi) is 4.10. The Labute approximate surface area is 90.9 Å². The van der Waals surface area contributed by atoms with Crippen molar-refractivity contribution in [3.63, 3.8) is 0 Å². The highest BCUT2D eigenvalue weighted by atomic mass is 32.2. The average molecular weight is 234 g/mol. The number of hydrogen-bond acceptors (Lipinski definition) is 3. The van der Waals surface area contributed by atoms with Crippen molar-refractivity contribution in [2.24, 2.45) is 5.92 Å². The number of carbonyl (C=O) groups is 1. The van der Waals surface area contributed by atoms with Crippen LogP contribution in [0.2, 0.25) is 0 Å². The van der Waals surface area contributed by atoms with Gasteiger partial charge in [-0.2, -0.15) is 0 Å². The lowest BCUT2D eigenvalue weighted by molar-refractivity contribution is -0.121. The number of sulfonamides is 1. The minimum atomic E-state index is -3.05. The van der Waals surface area contributed by atoms with Crippen LogP contribution in [0.1, 0.15) is 19.3 Å². The van der Waals surface area contributed by atoms with Gasteiger partial charge in [-0.15, -0.1) is 0 Å². The minimum Gasteiger partial charge on any atom is -0.359 e. The first-order valence-corrected chi connectivity index (χ1v) is 6.94. The van der Waals surface area contributed by atoms with Crippen molar-refractivity contribution in [1.29, 1.82) is 0 Å². The van der Waals surface area contributed by atoms with Gasteiger partial charge in [-0.1, -0.05) is 0 Å². The molecule has 1 aliphatic heterocycles. The lowest BCUT2D eigenvalue weighted by Gasteiger charge is -2.29. The zero-order valence-corrected chi connectivity index (χ0v) is 10.0. The predicted molar refractivity (Wildman–Crippen MR) is 57.8 cm³/mol. The molecule has 5 nitrogen and oxygen atoms in total. The summed E-state index contributed by atoms with van der Waals surface area (Å²) in [6.07, 6.45) is 3.29. The molecule has 88 valence electrons. The molecule has 0 atom stereocenters. The molecule has 0 radical (unpaired) electrons. The fraction of sp³-hybridized carbons (Fsp3) is 0.889. The summed E-state index contributed by atoms with van der Waals surface area (Å²) >= 11 is 0. The van der Waals surface area contributed by atoms with Crippen LogP contribution in [0.25, 0.3) is 0 Å². The van der Waals surface area contributed by atoms with Crippen molar-refractivity contribution >= 4 is 15.9 Å². The number of carbonyl (C=O) groups excluding carboxylic acids is 1. The highest BCUT2D eigenvalue weighted by molar-refractivity contribution is 7.88. The molecule has 0 aromatic carbocycles. The zero-order valence-electron chi connectivity index (χ0n) is 9.19. The highest BCUT2D eigenvalue weighted by Gasteiger charge is 2.25. The Hall–Kier alpha value is -0.620. The molecule has 1 saturated heterocycles. The summed E-state index contributed by atoms with van der Waals surface area (Å²) in [6.45, 7) is 1.08. The number of nitrogens with zero attached hydrogens (tertiary/aromatic N) is 1. The van der Waals surface area contributed by atoms with E-state index in [2.05, 4.69) is 5.32 Å². The van der Waals surface area contributed by atoms with Crippen LogP contribution in [-0.4, -0.2) is 45.0 Å². The standard InChI is InChI=1S/C9H18N2O3S/c1-10-9(12)7-8-3-5-11(6-4-8)15(2,13)14/h8H,3-7H2,1-2H3,(H,10,12). The SMILES string of the molecule is CNC(=O)CC1CCN(S(C)(=O)=O)CC1. The second-order valence-electron chi connectivity index (χ2n) is 3.98. The van der Waals surface area contributed by atoms with E-state index in [1.807, 2.05) is 0 Å². The van der Waals surface area contributed by atoms with Gasteiger partial charge in [-0.25, -0.2) is 12.7 Å². The van der Waals surface area contributed by atoms with Crippen LogP contribution >= 0.6 is 0 Å². The summed E-state index contributed by atoms with van der Waals surface area (Å²) in [5.74, 6) is 0.357. The number of hydrogen-bond donors (Lipinski definition) is 1. The monoisotopic (exact) mass is 234 g/mol. The molecule has 0 aliphatic carbocycles. The lowest BCUT2D eigenvalue weighted by atomic mass is 9.94. The highest BCUT2D eigenvalue weighted by Crippen LogP contribution is 2.21. The van der Waals surface area contributed by atoms with Gasteiger partial charge in [0.15, 0.2) is 0 Å². The maximum atomic E-state index is 11.2. The van der Waals surface area contributed by atoms with Gasteiger partial charge in [0.1, 0.15) is 0 Å². The third kappa shape index (κ3) is 3.79. The van der Waals surface area contributed by atoms with E-state index < -0.39 is 10.0 Å². The predicted octanol–water partition coefficient (Wildman–Crippen LogP) is -0.206. The molecule has 0 saturated carbocycles. The first kappa shape index (κ1) is 12.4. The molecule has 1 N–H and O–H groups in total. The average Bonchev–Trinajstić information content (AvgIpc) is 2.17. The van der Waals surface area contributed by atoms with E-state index in [4.69, 9.17) is 0 Å². The molecule has 0 aromatic rings. The van der Waals surface area contributed by atoms with Crippen LogP contribution in [-0.2, 0) is 14.8 Å². The largest absolute Gasteiger partial charge is 0.359 e. The maximum absolute atomic E-state index is 11.2. The molecular weight excluding hydrogens is 216 g/mol. The van der Waals surface area contributed by atoms with E-state index in [0.717, 1.165) is 12.8 Å². The Bertz CT molecular complexity index is 318. The molecule has 15 heavy (non-hydrogen) atoms. The molecule has 1 fully saturated rings. The molecule has 0 aromatic heterocycles. The Morgan fingerprint density at radius 3 is 2.33 bits per heavy atom. The zero-order chi connectivity index (χ0) is 11.5. The Morgan fingerprint density at radius 2 is 1.93 bits per heavy atom. The fourth-order valence-electron chi connectivity index (χ4n) is 1.81. The van der Waals surface area contributed by atoms with Crippen LogP contribution in [0, 0.1) is 5.92 Å². The van der Waals surface area contributed by atoms with Crippen molar-refractivity contribution in [3.8, 4) is 0 Å². The number of nitrogens with one attached hydrogen (secondary N) is 1. The van der Waals surface area contributed by atoms with E-state index in [-0.39, 0.29) is 5.91 Å². The molecule has 1 rings (SSSR count).